The first-order valence-electron chi connectivity index (χ1n) is 6.82. The van der Waals surface area contributed by atoms with Gasteiger partial charge in [-0.1, -0.05) is 6.92 Å². The van der Waals surface area contributed by atoms with E-state index in [0.29, 0.717) is 24.9 Å². The minimum absolute atomic E-state index is 0.0966. The summed E-state index contributed by atoms with van der Waals surface area (Å²) in [7, 11) is 0. The highest BCUT2D eigenvalue weighted by molar-refractivity contribution is 5.76. The van der Waals surface area contributed by atoms with Crippen molar-refractivity contribution in [3.05, 3.63) is 0 Å². The molecule has 0 unspecified atom stereocenters. The van der Waals surface area contributed by atoms with Gasteiger partial charge in [0, 0.05) is 19.6 Å². The van der Waals surface area contributed by atoms with Gasteiger partial charge in [0.05, 0.1) is 5.92 Å². The molecule has 1 heterocycles. The Hall–Kier alpha value is -1.26. The van der Waals surface area contributed by atoms with E-state index >= 15 is 0 Å². The average Bonchev–Trinajstić information content (AvgIpc) is 3.17. The molecule has 0 bridgehead atoms. The number of rotatable bonds is 4. The fraction of sp³-hybridized carbons (Fsp3) is 0.846. The number of carbonyl (C=O) groups is 2. The van der Waals surface area contributed by atoms with Crippen molar-refractivity contribution in [2.24, 2.45) is 11.3 Å². The summed E-state index contributed by atoms with van der Waals surface area (Å²) in [5, 5.41) is 11.9. The standard InChI is InChI=1S/C13H22N2O3/c1-2-13(5-6-13)9-14-12(18)15-7-3-4-10(8-15)11(16)17/h10H,2-9H2,1H3,(H,14,18)(H,16,17)/t10-/m0/s1. The average molecular weight is 254 g/mol. The number of piperidine rings is 1. The van der Waals surface area contributed by atoms with E-state index in [2.05, 4.69) is 12.2 Å². The summed E-state index contributed by atoms with van der Waals surface area (Å²) in [6.07, 6.45) is 4.95. The molecule has 1 aliphatic heterocycles. The summed E-state index contributed by atoms with van der Waals surface area (Å²) in [5.74, 6) is -1.19. The Morgan fingerprint density at radius 1 is 1.44 bits per heavy atom. The molecule has 0 aromatic rings. The van der Waals surface area contributed by atoms with Gasteiger partial charge in [-0.2, -0.15) is 0 Å². The molecule has 1 aliphatic carbocycles. The van der Waals surface area contributed by atoms with Crippen LogP contribution in [0.2, 0.25) is 0 Å². The number of aliphatic carboxylic acids is 1. The first-order valence-corrected chi connectivity index (χ1v) is 6.82. The van der Waals surface area contributed by atoms with E-state index in [1.54, 1.807) is 4.90 Å². The highest BCUT2D eigenvalue weighted by Gasteiger charge is 2.41. The molecule has 2 aliphatic rings. The van der Waals surface area contributed by atoms with Crippen LogP contribution in [0.4, 0.5) is 4.79 Å². The molecule has 0 spiro atoms. The fourth-order valence-electron chi connectivity index (χ4n) is 2.57. The van der Waals surface area contributed by atoms with Crippen LogP contribution in [0.25, 0.3) is 0 Å². The summed E-state index contributed by atoms with van der Waals surface area (Å²) in [6.45, 7) is 3.91. The zero-order valence-corrected chi connectivity index (χ0v) is 10.9. The Balaban J connectivity index is 1.79. The number of urea groups is 1. The maximum Gasteiger partial charge on any atom is 0.317 e. The lowest BCUT2D eigenvalue weighted by Crippen LogP contribution is -2.48. The van der Waals surface area contributed by atoms with Crippen LogP contribution < -0.4 is 5.32 Å². The van der Waals surface area contributed by atoms with Gasteiger partial charge in [0.15, 0.2) is 0 Å². The third kappa shape index (κ3) is 2.94. The highest BCUT2D eigenvalue weighted by Crippen LogP contribution is 2.47. The molecule has 5 heteroatoms. The van der Waals surface area contributed by atoms with Crippen LogP contribution in [0.3, 0.4) is 0 Å². The SMILES string of the molecule is CCC1(CNC(=O)N2CCC[C@H](C(=O)O)C2)CC1. The van der Waals surface area contributed by atoms with Gasteiger partial charge in [-0.3, -0.25) is 4.79 Å². The molecule has 0 radical (unpaired) electrons. The number of nitrogens with one attached hydrogen (secondary N) is 1. The number of amides is 2. The van der Waals surface area contributed by atoms with Crippen LogP contribution in [0.15, 0.2) is 0 Å². The third-order valence-corrected chi connectivity index (χ3v) is 4.38. The van der Waals surface area contributed by atoms with Crippen molar-refractivity contribution in [2.45, 2.75) is 39.0 Å². The van der Waals surface area contributed by atoms with E-state index in [-0.39, 0.29) is 6.03 Å². The lowest BCUT2D eigenvalue weighted by atomic mass is 9.98. The van der Waals surface area contributed by atoms with Crippen molar-refractivity contribution in [3.8, 4) is 0 Å². The van der Waals surface area contributed by atoms with Crippen molar-refractivity contribution in [2.75, 3.05) is 19.6 Å². The number of hydrogen-bond acceptors (Lipinski definition) is 2. The predicted octanol–water partition coefficient (Wildman–Crippen LogP) is 1.68. The second-order valence-electron chi connectivity index (χ2n) is 5.64. The molecule has 2 rings (SSSR count). The molecular weight excluding hydrogens is 232 g/mol. The zero-order chi connectivity index (χ0) is 13.2. The number of carbonyl (C=O) groups excluding carboxylic acids is 1. The van der Waals surface area contributed by atoms with E-state index in [1.165, 1.54) is 12.8 Å². The minimum Gasteiger partial charge on any atom is -0.481 e. The first-order chi connectivity index (χ1) is 8.56. The van der Waals surface area contributed by atoms with E-state index in [1.807, 2.05) is 0 Å². The second-order valence-corrected chi connectivity index (χ2v) is 5.64. The van der Waals surface area contributed by atoms with Gasteiger partial charge in [-0.05, 0) is 37.5 Å². The van der Waals surface area contributed by atoms with Crippen molar-refractivity contribution < 1.29 is 14.7 Å². The summed E-state index contributed by atoms with van der Waals surface area (Å²) in [5.41, 5.74) is 0.331. The van der Waals surface area contributed by atoms with E-state index in [4.69, 9.17) is 5.11 Å². The van der Waals surface area contributed by atoms with Gasteiger partial charge < -0.3 is 15.3 Å². The Morgan fingerprint density at radius 3 is 2.72 bits per heavy atom. The van der Waals surface area contributed by atoms with Crippen molar-refractivity contribution in [1.82, 2.24) is 10.2 Å². The number of carboxylic acids is 1. The number of nitrogens with zero attached hydrogens (tertiary/aromatic N) is 1. The Bertz CT molecular complexity index is 339. The maximum atomic E-state index is 12.0. The lowest BCUT2D eigenvalue weighted by Gasteiger charge is -2.31. The van der Waals surface area contributed by atoms with Gasteiger partial charge in [-0.15, -0.1) is 0 Å². The topological polar surface area (TPSA) is 69.6 Å². The van der Waals surface area contributed by atoms with Gasteiger partial charge in [-0.25, -0.2) is 4.79 Å². The fourth-order valence-corrected chi connectivity index (χ4v) is 2.57. The van der Waals surface area contributed by atoms with Crippen molar-refractivity contribution >= 4 is 12.0 Å². The van der Waals surface area contributed by atoms with E-state index < -0.39 is 11.9 Å². The molecule has 1 atom stereocenters. The van der Waals surface area contributed by atoms with Gasteiger partial charge in [0.2, 0.25) is 0 Å². The van der Waals surface area contributed by atoms with Crippen LogP contribution in [0.5, 0.6) is 0 Å². The summed E-state index contributed by atoms with van der Waals surface area (Å²) in [4.78, 5) is 24.6. The van der Waals surface area contributed by atoms with Gasteiger partial charge >= 0.3 is 12.0 Å². The third-order valence-electron chi connectivity index (χ3n) is 4.38. The van der Waals surface area contributed by atoms with Gasteiger partial charge in [0.25, 0.3) is 0 Å². The molecule has 0 aromatic heterocycles. The predicted molar refractivity (Wildman–Crippen MR) is 67.3 cm³/mol. The van der Waals surface area contributed by atoms with Crippen LogP contribution in [0, 0.1) is 11.3 Å². The van der Waals surface area contributed by atoms with E-state index in [9.17, 15) is 9.59 Å². The van der Waals surface area contributed by atoms with Crippen molar-refractivity contribution in [3.63, 3.8) is 0 Å². The Kier molecular flexibility index (Phi) is 3.78. The van der Waals surface area contributed by atoms with Crippen LogP contribution in [0.1, 0.15) is 39.0 Å². The molecule has 1 saturated carbocycles. The van der Waals surface area contributed by atoms with E-state index in [0.717, 1.165) is 19.4 Å². The molecule has 2 amide bonds. The molecule has 0 aromatic carbocycles. The number of carboxylic acid groups (broad SMARTS) is 1. The molecule has 5 nitrogen and oxygen atoms in total. The zero-order valence-electron chi connectivity index (χ0n) is 10.9. The minimum atomic E-state index is -0.792. The molecule has 102 valence electrons. The van der Waals surface area contributed by atoms with Crippen LogP contribution >= 0.6 is 0 Å². The quantitative estimate of drug-likeness (QED) is 0.802. The Labute approximate surface area is 108 Å². The van der Waals surface area contributed by atoms with Gasteiger partial charge in [0.1, 0.15) is 0 Å². The summed E-state index contributed by atoms with van der Waals surface area (Å²) in [6, 6.07) is -0.0966. The largest absolute Gasteiger partial charge is 0.481 e. The number of likely N-dealkylation sites (tertiary alicyclic amines) is 1. The lowest BCUT2D eigenvalue weighted by molar-refractivity contribution is -0.143. The summed E-state index contributed by atoms with van der Waals surface area (Å²) < 4.78 is 0. The molecule has 2 fully saturated rings. The smallest absolute Gasteiger partial charge is 0.317 e. The normalized spacial score (nSPS) is 25.6. The maximum absolute atomic E-state index is 12.0. The van der Waals surface area contributed by atoms with Crippen LogP contribution in [-0.2, 0) is 4.79 Å². The summed E-state index contributed by atoms with van der Waals surface area (Å²) >= 11 is 0. The molecule has 18 heavy (non-hydrogen) atoms. The number of hydrogen-bond donors (Lipinski definition) is 2. The van der Waals surface area contributed by atoms with Crippen LogP contribution in [-0.4, -0.2) is 41.6 Å². The highest BCUT2D eigenvalue weighted by atomic mass is 16.4. The second kappa shape index (κ2) is 5.16. The first kappa shape index (κ1) is 13.2. The molecular formula is C13H22N2O3. The Morgan fingerprint density at radius 2 is 2.17 bits per heavy atom. The molecule has 1 saturated heterocycles. The monoisotopic (exact) mass is 254 g/mol. The van der Waals surface area contributed by atoms with Crippen molar-refractivity contribution in [1.29, 1.82) is 0 Å². The molecule has 2 N–H and O–H groups in total.